The lowest BCUT2D eigenvalue weighted by Gasteiger charge is -2.21. The van der Waals surface area contributed by atoms with Gasteiger partial charge in [-0.3, -0.25) is 4.79 Å². The van der Waals surface area contributed by atoms with E-state index in [-0.39, 0.29) is 5.91 Å². The molecule has 0 saturated heterocycles. The number of carbonyl (C=O) groups is 1. The van der Waals surface area contributed by atoms with Gasteiger partial charge in [0.15, 0.2) is 0 Å². The molecule has 118 valence electrons. The average molecular weight is 290 g/mol. The quantitative estimate of drug-likeness (QED) is 0.441. The van der Waals surface area contributed by atoms with E-state index in [0.29, 0.717) is 19.5 Å². The minimum atomic E-state index is 0.242. The number of hydrogen-bond donors (Lipinski definition) is 0. The molecule has 0 atom stereocenters. The van der Waals surface area contributed by atoms with Crippen molar-refractivity contribution in [3.05, 3.63) is 36.7 Å². The molecule has 0 aliphatic rings. The topological polar surface area (TPSA) is 25.2 Å². The highest BCUT2D eigenvalue weighted by molar-refractivity contribution is 5.76. The van der Waals surface area contributed by atoms with Crippen molar-refractivity contribution in [2.24, 2.45) is 7.05 Å². The number of carbonyl (C=O) groups excluding carboxylic acids is 1. The standard InChI is InChI=1S/C18H30N2O/c1-4-6-7-8-9-10-13-18(21)20(14-5-2)16-17-12-11-15-19(17)3/h5,11-12,15H,2,4,6-10,13-14,16H2,1,3H3. The average Bonchev–Trinajstić information content (AvgIpc) is 2.87. The molecule has 1 aromatic rings. The molecule has 1 aromatic heterocycles. The second-order valence-electron chi connectivity index (χ2n) is 5.69. The Morgan fingerprint density at radius 1 is 1.29 bits per heavy atom. The molecule has 1 rings (SSSR count). The Balaban J connectivity index is 2.35. The maximum absolute atomic E-state index is 12.3. The van der Waals surface area contributed by atoms with Crippen LogP contribution >= 0.6 is 0 Å². The fraction of sp³-hybridized carbons (Fsp3) is 0.611. The van der Waals surface area contributed by atoms with Crippen LogP contribution in [0.1, 0.15) is 57.6 Å². The molecule has 0 aromatic carbocycles. The Hall–Kier alpha value is -1.51. The number of nitrogens with zero attached hydrogens (tertiary/aromatic N) is 2. The largest absolute Gasteiger partial charge is 0.353 e. The number of hydrogen-bond acceptors (Lipinski definition) is 1. The summed E-state index contributed by atoms with van der Waals surface area (Å²) in [5, 5.41) is 0. The molecule has 21 heavy (non-hydrogen) atoms. The first kappa shape index (κ1) is 17.5. The number of aryl methyl sites for hydroxylation is 1. The van der Waals surface area contributed by atoms with Crippen molar-refractivity contribution in [2.45, 2.75) is 58.4 Å². The molecule has 1 amide bonds. The van der Waals surface area contributed by atoms with Crippen molar-refractivity contribution < 1.29 is 4.79 Å². The van der Waals surface area contributed by atoms with Gasteiger partial charge in [-0.05, 0) is 18.6 Å². The summed E-state index contributed by atoms with van der Waals surface area (Å²) >= 11 is 0. The Morgan fingerprint density at radius 2 is 2.00 bits per heavy atom. The molecule has 0 N–H and O–H groups in total. The van der Waals surface area contributed by atoms with Crippen LogP contribution in [0.3, 0.4) is 0 Å². The first-order chi connectivity index (χ1) is 10.2. The highest BCUT2D eigenvalue weighted by Gasteiger charge is 2.13. The van der Waals surface area contributed by atoms with E-state index >= 15 is 0 Å². The van der Waals surface area contributed by atoms with Gasteiger partial charge in [-0.2, -0.15) is 0 Å². The lowest BCUT2D eigenvalue weighted by atomic mass is 10.1. The van der Waals surface area contributed by atoms with E-state index < -0.39 is 0 Å². The van der Waals surface area contributed by atoms with Gasteiger partial charge in [0.2, 0.25) is 5.91 Å². The molecule has 0 fully saturated rings. The summed E-state index contributed by atoms with van der Waals surface area (Å²) in [7, 11) is 2.01. The van der Waals surface area contributed by atoms with Crippen LogP contribution in [0.25, 0.3) is 0 Å². The van der Waals surface area contributed by atoms with Crippen molar-refractivity contribution in [3.63, 3.8) is 0 Å². The molecule has 0 unspecified atom stereocenters. The summed E-state index contributed by atoms with van der Waals surface area (Å²) in [4.78, 5) is 14.2. The van der Waals surface area contributed by atoms with E-state index in [0.717, 1.165) is 18.5 Å². The van der Waals surface area contributed by atoms with E-state index in [1.165, 1.54) is 25.7 Å². The predicted molar refractivity (Wildman–Crippen MR) is 89.0 cm³/mol. The van der Waals surface area contributed by atoms with Crippen LogP contribution in [0.5, 0.6) is 0 Å². The van der Waals surface area contributed by atoms with Crippen molar-refractivity contribution in [1.29, 1.82) is 0 Å². The zero-order valence-corrected chi connectivity index (χ0v) is 13.7. The summed E-state index contributed by atoms with van der Waals surface area (Å²) in [6.45, 7) is 7.28. The Kier molecular flexibility index (Phi) is 8.56. The van der Waals surface area contributed by atoms with Crippen molar-refractivity contribution in [1.82, 2.24) is 9.47 Å². The van der Waals surface area contributed by atoms with E-state index in [2.05, 4.69) is 24.1 Å². The fourth-order valence-electron chi connectivity index (χ4n) is 2.48. The lowest BCUT2D eigenvalue weighted by Crippen LogP contribution is -2.31. The molecule has 3 heteroatoms. The van der Waals surface area contributed by atoms with Gasteiger partial charge in [-0.25, -0.2) is 0 Å². The van der Waals surface area contributed by atoms with Crippen LogP contribution in [0, 0.1) is 0 Å². The van der Waals surface area contributed by atoms with Gasteiger partial charge in [-0.15, -0.1) is 6.58 Å². The number of unbranched alkanes of at least 4 members (excludes halogenated alkanes) is 5. The number of amides is 1. The first-order valence-corrected chi connectivity index (χ1v) is 8.18. The van der Waals surface area contributed by atoms with E-state index in [9.17, 15) is 4.79 Å². The van der Waals surface area contributed by atoms with Crippen LogP contribution in [0.15, 0.2) is 31.0 Å². The summed E-state index contributed by atoms with van der Waals surface area (Å²) < 4.78 is 2.06. The van der Waals surface area contributed by atoms with Crippen LogP contribution in [-0.2, 0) is 18.4 Å². The first-order valence-electron chi connectivity index (χ1n) is 8.18. The monoisotopic (exact) mass is 290 g/mol. The maximum atomic E-state index is 12.3. The normalized spacial score (nSPS) is 10.6. The third-order valence-corrected chi connectivity index (χ3v) is 3.85. The second kappa shape index (κ2) is 10.3. The molecule has 0 saturated carbocycles. The van der Waals surface area contributed by atoms with Gasteiger partial charge >= 0.3 is 0 Å². The molecule has 0 spiro atoms. The summed E-state index contributed by atoms with van der Waals surface area (Å²) in [6.07, 6.45) is 11.8. The molecule has 3 nitrogen and oxygen atoms in total. The van der Waals surface area contributed by atoms with Gasteiger partial charge < -0.3 is 9.47 Å². The van der Waals surface area contributed by atoms with Gasteiger partial charge in [0.25, 0.3) is 0 Å². The summed E-state index contributed by atoms with van der Waals surface area (Å²) in [5.74, 6) is 0.242. The molecule has 0 radical (unpaired) electrons. The van der Waals surface area contributed by atoms with E-state index in [1.807, 2.05) is 30.3 Å². The van der Waals surface area contributed by atoms with Crippen LogP contribution in [-0.4, -0.2) is 21.9 Å². The van der Waals surface area contributed by atoms with Crippen molar-refractivity contribution in [2.75, 3.05) is 6.54 Å². The molecule has 0 aliphatic carbocycles. The van der Waals surface area contributed by atoms with Gasteiger partial charge in [0.1, 0.15) is 0 Å². The van der Waals surface area contributed by atoms with Gasteiger partial charge in [-0.1, -0.05) is 45.1 Å². The smallest absolute Gasteiger partial charge is 0.223 e. The third-order valence-electron chi connectivity index (χ3n) is 3.85. The third kappa shape index (κ3) is 6.65. The highest BCUT2D eigenvalue weighted by atomic mass is 16.2. The Morgan fingerprint density at radius 3 is 2.62 bits per heavy atom. The zero-order chi connectivity index (χ0) is 15.5. The number of rotatable bonds is 11. The van der Waals surface area contributed by atoms with Gasteiger partial charge in [0.05, 0.1) is 6.54 Å². The van der Waals surface area contributed by atoms with Crippen LogP contribution in [0.2, 0.25) is 0 Å². The SMILES string of the molecule is C=CCN(Cc1cccn1C)C(=O)CCCCCCCC. The van der Waals surface area contributed by atoms with E-state index in [4.69, 9.17) is 0 Å². The predicted octanol–water partition coefficient (Wildman–Crippen LogP) is 4.29. The maximum Gasteiger partial charge on any atom is 0.223 e. The molecular formula is C18H30N2O. The van der Waals surface area contributed by atoms with Crippen molar-refractivity contribution >= 4 is 5.91 Å². The lowest BCUT2D eigenvalue weighted by molar-refractivity contribution is -0.131. The second-order valence-corrected chi connectivity index (χ2v) is 5.69. The van der Waals surface area contributed by atoms with E-state index in [1.54, 1.807) is 0 Å². The summed E-state index contributed by atoms with van der Waals surface area (Å²) in [6, 6.07) is 4.08. The van der Waals surface area contributed by atoms with Crippen molar-refractivity contribution in [3.8, 4) is 0 Å². The Bertz CT molecular complexity index is 423. The van der Waals surface area contributed by atoms with Gasteiger partial charge in [0, 0.05) is 31.9 Å². The molecular weight excluding hydrogens is 260 g/mol. The number of aromatic nitrogens is 1. The van der Waals surface area contributed by atoms with Crippen LogP contribution < -0.4 is 0 Å². The minimum Gasteiger partial charge on any atom is -0.353 e. The summed E-state index contributed by atoms with van der Waals surface area (Å²) in [5.41, 5.74) is 1.16. The molecule has 0 aliphatic heterocycles. The minimum absolute atomic E-state index is 0.242. The zero-order valence-electron chi connectivity index (χ0n) is 13.7. The fourth-order valence-corrected chi connectivity index (χ4v) is 2.48. The molecule has 0 bridgehead atoms. The van der Waals surface area contributed by atoms with Crippen LogP contribution in [0.4, 0.5) is 0 Å². The molecule has 1 heterocycles. The highest BCUT2D eigenvalue weighted by Crippen LogP contribution is 2.11. The Labute approximate surface area is 129 Å².